The van der Waals surface area contributed by atoms with E-state index in [2.05, 4.69) is 5.32 Å². The normalized spacial score (nSPS) is 20.9. The topological polar surface area (TPSA) is 55.1 Å². The molecule has 1 heterocycles. The molecular weight excluding hydrogens is 323 g/mol. The lowest BCUT2D eigenvalue weighted by atomic mass is 10.0. The summed E-state index contributed by atoms with van der Waals surface area (Å²) in [5.74, 6) is 0.0508. The van der Waals surface area contributed by atoms with Gasteiger partial charge >= 0.3 is 0 Å². The number of carbonyl (C=O) groups is 1. The van der Waals surface area contributed by atoms with Crippen molar-refractivity contribution in [2.24, 2.45) is 11.7 Å². The minimum Gasteiger partial charge on any atom is -0.348 e. The van der Waals surface area contributed by atoms with Crippen LogP contribution in [0.2, 0.25) is 0 Å². The maximum atomic E-state index is 13.3. The van der Waals surface area contributed by atoms with Gasteiger partial charge in [0.2, 0.25) is 0 Å². The molecule has 0 aliphatic heterocycles. The van der Waals surface area contributed by atoms with Crippen molar-refractivity contribution < 1.29 is 9.18 Å². The first-order valence-electron chi connectivity index (χ1n) is 7.29. The molecule has 3 N–H and O–H groups in total. The predicted molar refractivity (Wildman–Crippen MR) is 91.4 cm³/mol. The number of rotatable bonds is 3. The van der Waals surface area contributed by atoms with Gasteiger partial charge in [0, 0.05) is 10.7 Å². The lowest BCUT2D eigenvalue weighted by molar-refractivity contribution is 0.0932. The lowest BCUT2D eigenvalue weighted by Gasteiger charge is -2.19. The van der Waals surface area contributed by atoms with Crippen LogP contribution >= 0.6 is 23.7 Å². The molecule has 120 valence electrons. The van der Waals surface area contributed by atoms with Crippen molar-refractivity contribution in [1.29, 1.82) is 0 Å². The Labute approximate surface area is 139 Å². The highest BCUT2D eigenvalue weighted by molar-refractivity contribution is 7.21. The van der Waals surface area contributed by atoms with Crippen LogP contribution in [0.15, 0.2) is 18.2 Å². The molecule has 0 spiro atoms. The molecule has 2 unspecified atom stereocenters. The average Bonchev–Trinajstić information content (AvgIpc) is 3.04. The molecule has 6 heteroatoms. The molecule has 2 atom stereocenters. The standard InChI is InChI=1S/C16H19FN2OS.ClH/c1-9-12-7-11(17)5-6-14(12)21-15(9)16(20)19-13-4-2-3-10(13)8-18;/h5-7,10,13H,2-4,8,18H2,1H3,(H,19,20);1H. The van der Waals surface area contributed by atoms with Gasteiger partial charge in [0.25, 0.3) is 5.91 Å². The summed E-state index contributed by atoms with van der Waals surface area (Å²) in [6, 6.07) is 4.83. The third-order valence-electron chi connectivity index (χ3n) is 4.38. The number of hydrogen-bond donors (Lipinski definition) is 2. The number of amides is 1. The molecule has 1 aliphatic carbocycles. The van der Waals surface area contributed by atoms with Gasteiger partial charge in [-0.1, -0.05) is 6.42 Å². The zero-order valence-electron chi connectivity index (χ0n) is 12.4. The van der Waals surface area contributed by atoms with E-state index in [9.17, 15) is 9.18 Å². The first-order chi connectivity index (χ1) is 10.1. The van der Waals surface area contributed by atoms with Crippen molar-refractivity contribution in [2.45, 2.75) is 32.2 Å². The smallest absolute Gasteiger partial charge is 0.261 e. The summed E-state index contributed by atoms with van der Waals surface area (Å²) in [5.41, 5.74) is 6.61. The summed E-state index contributed by atoms with van der Waals surface area (Å²) >= 11 is 1.42. The monoisotopic (exact) mass is 342 g/mol. The molecule has 1 aliphatic rings. The number of aryl methyl sites for hydroxylation is 1. The lowest BCUT2D eigenvalue weighted by Crippen LogP contribution is -2.39. The Morgan fingerprint density at radius 2 is 2.23 bits per heavy atom. The van der Waals surface area contributed by atoms with Gasteiger partial charge in [-0.2, -0.15) is 0 Å². The molecule has 22 heavy (non-hydrogen) atoms. The van der Waals surface area contributed by atoms with E-state index in [0.717, 1.165) is 34.9 Å². The van der Waals surface area contributed by atoms with Gasteiger partial charge in [-0.15, -0.1) is 23.7 Å². The average molecular weight is 343 g/mol. The van der Waals surface area contributed by atoms with E-state index in [4.69, 9.17) is 5.73 Å². The zero-order valence-corrected chi connectivity index (χ0v) is 14.0. The SMILES string of the molecule is Cc1c(C(=O)NC2CCCC2CN)sc2ccc(F)cc12.Cl. The van der Waals surface area contributed by atoms with E-state index in [1.807, 2.05) is 6.92 Å². The van der Waals surface area contributed by atoms with Crippen LogP contribution in [0.4, 0.5) is 4.39 Å². The Kier molecular flexibility index (Phi) is 5.42. The molecule has 1 amide bonds. The maximum Gasteiger partial charge on any atom is 0.261 e. The van der Waals surface area contributed by atoms with Crippen molar-refractivity contribution in [3.05, 3.63) is 34.5 Å². The van der Waals surface area contributed by atoms with E-state index in [-0.39, 0.29) is 30.2 Å². The number of thiophene rings is 1. The van der Waals surface area contributed by atoms with E-state index in [1.165, 1.54) is 23.5 Å². The number of carbonyl (C=O) groups excluding carboxylic acids is 1. The molecule has 1 aromatic heterocycles. The zero-order chi connectivity index (χ0) is 15.0. The second kappa shape index (κ2) is 6.94. The fraction of sp³-hybridized carbons (Fsp3) is 0.438. The van der Waals surface area contributed by atoms with Crippen molar-refractivity contribution in [1.82, 2.24) is 5.32 Å². The van der Waals surface area contributed by atoms with Gasteiger partial charge in [0.05, 0.1) is 4.88 Å². The highest BCUT2D eigenvalue weighted by Crippen LogP contribution is 2.32. The van der Waals surface area contributed by atoms with E-state index in [1.54, 1.807) is 6.07 Å². The van der Waals surface area contributed by atoms with Gasteiger partial charge in [0.1, 0.15) is 5.82 Å². The second-order valence-corrected chi connectivity index (χ2v) is 6.76. The van der Waals surface area contributed by atoms with Crippen molar-refractivity contribution in [3.8, 4) is 0 Å². The first-order valence-corrected chi connectivity index (χ1v) is 8.11. The van der Waals surface area contributed by atoms with Crippen LogP contribution in [0.25, 0.3) is 10.1 Å². The summed E-state index contributed by atoms with van der Waals surface area (Å²) in [6.07, 6.45) is 3.19. The van der Waals surface area contributed by atoms with E-state index < -0.39 is 0 Å². The fourth-order valence-electron chi connectivity index (χ4n) is 3.15. The van der Waals surface area contributed by atoms with Crippen LogP contribution in [0.5, 0.6) is 0 Å². The summed E-state index contributed by atoms with van der Waals surface area (Å²) in [4.78, 5) is 13.2. The number of nitrogens with one attached hydrogen (secondary N) is 1. The summed E-state index contributed by atoms with van der Waals surface area (Å²) in [6.45, 7) is 2.49. The highest BCUT2D eigenvalue weighted by atomic mass is 35.5. The van der Waals surface area contributed by atoms with Crippen LogP contribution in [0.3, 0.4) is 0 Å². The number of halogens is 2. The summed E-state index contributed by atoms with van der Waals surface area (Å²) in [5, 5.41) is 3.94. The fourth-order valence-corrected chi connectivity index (χ4v) is 4.25. The van der Waals surface area contributed by atoms with Crippen molar-refractivity contribution >= 4 is 39.7 Å². The molecular formula is C16H20ClFN2OS. The molecule has 0 radical (unpaired) electrons. The van der Waals surface area contributed by atoms with Crippen LogP contribution in [-0.4, -0.2) is 18.5 Å². The largest absolute Gasteiger partial charge is 0.348 e. The second-order valence-electron chi connectivity index (χ2n) is 5.70. The summed E-state index contributed by atoms with van der Waals surface area (Å²) < 4.78 is 14.3. The maximum absolute atomic E-state index is 13.3. The van der Waals surface area contributed by atoms with Gasteiger partial charge in [-0.3, -0.25) is 4.79 Å². The van der Waals surface area contributed by atoms with E-state index in [0.29, 0.717) is 17.3 Å². The molecule has 1 aromatic carbocycles. The van der Waals surface area contributed by atoms with E-state index >= 15 is 0 Å². The molecule has 0 bridgehead atoms. The molecule has 0 saturated heterocycles. The summed E-state index contributed by atoms with van der Waals surface area (Å²) in [7, 11) is 0. The van der Waals surface area contributed by atoms with Gasteiger partial charge in [-0.05, 0) is 61.4 Å². The number of hydrogen-bond acceptors (Lipinski definition) is 3. The minimum absolute atomic E-state index is 0. The Hall–Kier alpha value is -1.17. The Balaban J connectivity index is 0.00000176. The highest BCUT2D eigenvalue weighted by Gasteiger charge is 2.28. The third kappa shape index (κ3) is 3.12. The number of nitrogens with two attached hydrogens (primary N) is 1. The predicted octanol–water partition coefficient (Wildman–Crippen LogP) is 3.63. The Bertz CT molecular complexity index is 688. The van der Waals surface area contributed by atoms with Crippen LogP contribution < -0.4 is 11.1 Å². The quantitative estimate of drug-likeness (QED) is 0.895. The molecule has 3 rings (SSSR count). The van der Waals surface area contributed by atoms with Gasteiger partial charge in [0.15, 0.2) is 0 Å². The van der Waals surface area contributed by atoms with Gasteiger partial charge in [-0.25, -0.2) is 4.39 Å². The van der Waals surface area contributed by atoms with Crippen LogP contribution in [0, 0.1) is 18.7 Å². The minimum atomic E-state index is -0.269. The Morgan fingerprint density at radius 3 is 2.95 bits per heavy atom. The number of benzene rings is 1. The van der Waals surface area contributed by atoms with Gasteiger partial charge < -0.3 is 11.1 Å². The Morgan fingerprint density at radius 1 is 1.45 bits per heavy atom. The van der Waals surface area contributed by atoms with Crippen molar-refractivity contribution in [3.63, 3.8) is 0 Å². The third-order valence-corrected chi connectivity index (χ3v) is 5.65. The molecule has 1 fully saturated rings. The molecule has 2 aromatic rings. The number of fused-ring (bicyclic) bond motifs is 1. The molecule has 1 saturated carbocycles. The first kappa shape index (κ1) is 17.2. The van der Waals surface area contributed by atoms with Crippen LogP contribution in [-0.2, 0) is 0 Å². The van der Waals surface area contributed by atoms with Crippen molar-refractivity contribution in [2.75, 3.05) is 6.54 Å². The molecule has 3 nitrogen and oxygen atoms in total. The van der Waals surface area contributed by atoms with Crippen LogP contribution in [0.1, 0.15) is 34.5 Å².